The predicted octanol–water partition coefficient (Wildman–Crippen LogP) is 2.18. The third kappa shape index (κ3) is 3.31. The quantitative estimate of drug-likeness (QED) is 0.783. The largest absolute Gasteiger partial charge is 0.354 e. The predicted molar refractivity (Wildman–Crippen MR) is 100 cm³/mol. The van der Waals surface area contributed by atoms with Gasteiger partial charge >= 0.3 is 0 Å². The summed E-state index contributed by atoms with van der Waals surface area (Å²) < 4.78 is 0. The zero-order chi connectivity index (χ0) is 17.1. The van der Waals surface area contributed by atoms with E-state index in [-0.39, 0.29) is 0 Å². The van der Waals surface area contributed by atoms with Crippen molar-refractivity contribution in [3.8, 4) is 0 Å². The Morgan fingerprint density at radius 1 is 0.880 bits per heavy atom. The van der Waals surface area contributed by atoms with Gasteiger partial charge in [0.1, 0.15) is 11.6 Å². The zero-order valence-electron chi connectivity index (χ0n) is 14.3. The first-order valence-corrected chi connectivity index (χ1v) is 8.62. The van der Waals surface area contributed by atoms with E-state index < -0.39 is 0 Å². The Morgan fingerprint density at radius 2 is 1.60 bits per heavy atom. The van der Waals surface area contributed by atoms with Gasteiger partial charge in [0.2, 0.25) is 5.95 Å². The molecule has 1 saturated heterocycles. The van der Waals surface area contributed by atoms with Crippen molar-refractivity contribution in [3.63, 3.8) is 0 Å². The average molecular weight is 335 g/mol. The van der Waals surface area contributed by atoms with Crippen LogP contribution in [0.1, 0.15) is 6.92 Å². The van der Waals surface area contributed by atoms with E-state index in [1.54, 1.807) is 0 Å². The van der Waals surface area contributed by atoms with Crippen molar-refractivity contribution < 1.29 is 0 Å². The van der Waals surface area contributed by atoms with E-state index in [0.29, 0.717) is 5.95 Å². The number of hydrogen-bond acceptors (Lipinski definition) is 7. The molecule has 4 rings (SSSR count). The maximum absolute atomic E-state index is 4.74. The number of fused-ring (bicyclic) bond motifs is 1. The average Bonchev–Trinajstić information content (AvgIpc) is 2.68. The zero-order valence-corrected chi connectivity index (χ0v) is 14.3. The van der Waals surface area contributed by atoms with E-state index in [1.165, 1.54) is 0 Å². The van der Waals surface area contributed by atoms with Gasteiger partial charge in [-0.05, 0) is 25.1 Å². The molecule has 3 aromatic rings. The second-order valence-corrected chi connectivity index (χ2v) is 5.96. The van der Waals surface area contributed by atoms with Crippen molar-refractivity contribution in [2.45, 2.75) is 6.92 Å². The van der Waals surface area contributed by atoms with E-state index in [4.69, 9.17) is 4.98 Å². The Hall–Kier alpha value is -2.96. The second-order valence-electron chi connectivity index (χ2n) is 5.96. The molecule has 0 unspecified atom stereocenters. The standard InChI is InChI=1S/C18H21N7/c1-2-19-18-20-8-7-16(23-18)24-9-11-25(12-10-24)17-13-21-14-5-3-4-6-15(14)22-17/h3-8,13H,2,9-12H2,1H3,(H,19,20,23). The summed E-state index contributed by atoms with van der Waals surface area (Å²) >= 11 is 0. The fraction of sp³-hybridized carbons (Fsp3) is 0.333. The molecule has 25 heavy (non-hydrogen) atoms. The molecular weight excluding hydrogens is 314 g/mol. The van der Waals surface area contributed by atoms with Gasteiger partial charge in [0.15, 0.2) is 0 Å². The molecule has 128 valence electrons. The second kappa shape index (κ2) is 6.88. The lowest BCUT2D eigenvalue weighted by Crippen LogP contribution is -2.47. The highest BCUT2D eigenvalue weighted by Crippen LogP contribution is 2.19. The molecule has 2 aromatic heterocycles. The van der Waals surface area contributed by atoms with Crippen LogP contribution in [0.3, 0.4) is 0 Å². The van der Waals surface area contributed by atoms with E-state index in [9.17, 15) is 0 Å². The van der Waals surface area contributed by atoms with Gasteiger partial charge in [0, 0.05) is 38.9 Å². The molecule has 1 fully saturated rings. The van der Waals surface area contributed by atoms with Crippen LogP contribution in [0.2, 0.25) is 0 Å². The minimum Gasteiger partial charge on any atom is -0.354 e. The molecule has 0 saturated carbocycles. The van der Waals surface area contributed by atoms with Crippen molar-refractivity contribution in [1.29, 1.82) is 0 Å². The summed E-state index contributed by atoms with van der Waals surface area (Å²) in [6, 6.07) is 9.94. The van der Waals surface area contributed by atoms with Gasteiger partial charge in [0.25, 0.3) is 0 Å². The molecule has 3 heterocycles. The number of piperazine rings is 1. The highest BCUT2D eigenvalue weighted by Gasteiger charge is 2.20. The van der Waals surface area contributed by atoms with Crippen LogP contribution in [-0.4, -0.2) is 52.7 Å². The van der Waals surface area contributed by atoms with Crippen molar-refractivity contribution in [2.24, 2.45) is 0 Å². The number of anilines is 3. The third-order valence-corrected chi connectivity index (χ3v) is 4.34. The third-order valence-electron chi connectivity index (χ3n) is 4.34. The first-order chi connectivity index (χ1) is 12.3. The van der Waals surface area contributed by atoms with Crippen LogP contribution in [0.25, 0.3) is 11.0 Å². The molecule has 1 aliphatic heterocycles. The van der Waals surface area contributed by atoms with Crippen LogP contribution in [0.4, 0.5) is 17.6 Å². The van der Waals surface area contributed by atoms with Gasteiger partial charge in [-0.3, -0.25) is 4.98 Å². The summed E-state index contributed by atoms with van der Waals surface area (Å²) in [5.41, 5.74) is 1.87. The smallest absolute Gasteiger partial charge is 0.224 e. The first-order valence-electron chi connectivity index (χ1n) is 8.62. The van der Waals surface area contributed by atoms with E-state index in [1.807, 2.05) is 49.6 Å². The molecule has 0 bridgehead atoms. The molecule has 0 radical (unpaired) electrons. The highest BCUT2D eigenvalue weighted by atomic mass is 15.3. The molecule has 0 amide bonds. The van der Waals surface area contributed by atoms with E-state index in [0.717, 1.165) is 55.4 Å². The van der Waals surface area contributed by atoms with E-state index in [2.05, 4.69) is 30.1 Å². The lowest BCUT2D eigenvalue weighted by Gasteiger charge is -2.36. The number of nitrogens with one attached hydrogen (secondary N) is 1. The molecule has 1 N–H and O–H groups in total. The molecule has 0 spiro atoms. The van der Waals surface area contributed by atoms with Gasteiger partial charge in [-0.1, -0.05) is 12.1 Å². The fourth-order valence-electron chi connectivity index (χ4n) is 3.03. The number of benzene rings is 1. The molecule has 0 aliphatic carbocycles. The summed E-state index contributed by atoms with van der Waals surface area (Å²) in [5, 5.41) is 3.16. The van der Waals surface area contributed by atoms with Gasteiger partial charge in [-0.25, -0.2) is 9.97 Å². The summed E-state index contributed by atoms with van der Waals surface area (Å²) in [6.07, 6.45) is 3.67. The minimum atomic E-state index is 0.683. The topological polar surface area (TPSA) is 70.1 Å². The first kappa shape index (κ1) is 15.6. The summed E-state index contributed by atoms with van der Waals surface area (Å²) in [4.78, 5) is 22.6. The van der Waals surface area contributed by atoms with Crippen LogP contribution in [-0.2, 0) is 0 Å². The molecule has 7 nitrogen and oxygen atoms in total. The maximum atomic E-state index is 4.74. The van der Waals surface area contributed by atoms with E-state index >= 15 is 0 Å². The lowest BCUT2D eigenvalue weighted by atomic mass is 10.3. The van der Waals surface area contributed by atoms with Crippen molar-refractivity contribution in [1.82, 2.24) is 19.9 Å². The number of aromatic nitrogens is 4. The SMILES string of the molecule is CCNc1nccc(N2CCN(c3cnc4ccccc4n3)CC2)n1. The number of hydrogen-bond donors (Lipinski definition) is 1. The molecular formula is C18H21N7. The Labute approximate surface area is 146 Å². The number of nitrogens with zero attached hydrogens (tertiary/aromatic N) is 6. The molecule has 1 aromatic carbocycles. The Kier molecular flexibility index (Phi) is 4.28. The lowest BCUT2D eigenvalue weighted by molar-refractivity contribution is 0.641. The van der Waals surface area contributed by atoms with Gasteiger partial charge in [-0.2, -0.15) is 4.98 Å². The van der Waals surface area contributed by atoms with Gasteiger partial charge in [0.05, 0.1) is 17.2 Å². The van der Waals surface area contributed by atoms with Crippen molar-refractivity contribution in [2.75, 3.05) is 47.8 Å². The van der Waals surface area contributed by atoms with Gasteiger partial charge < -0.3 is 15.1 Å². The Morgan fingerprint density at radius 3 is 2.36 bits per heavy atom. The minimum absolute atomic E-state index is 0.683. The summed E-state index contributed by atoms with van der Waals surface area (Å²) in [7, 11) is 0. The van der Waals surface area contributed by atoms with Gasteiger partial charge in [-0.15, -0.1) is 0 Å². The van der Waals surface area contributed by atoms with Crippen molar-refractivity contribution >= 4 is 28.6 Å². The fourth-order valence-corrected chi connectivity index (χ4v) is 3.03. The highest BCUT2D eigenvalue weighted by molar-refractivity contribution is 5.75. The summed E-state index contributed by atoms with van der Waals surface area (Å²) in [6.45, 7) is 6.45. The summed E-state index contributed by atoms with van der Waals surface area (Å²) in [5.74, 6) is 2.59. The van der Waals surface area contributed by atoms with Crippen LogP contribution >= 0.6 is 0 Å². The van der Waals surface area contributed by atoms with Crippen LogP contribution in [0.15, 0.2) is 42.7 Å². The molecule has 0 atom stereocenters. The Balaban J connectivity index is 1.46. The Bertz CT molecular complexity index is 859. The van der Waals surface area contributed by atoms with Crippen molar-refractivity contribution in [3.05, 3.63) is 42.7 Å². The normalized spacial score (nSPS) is 14.8. The van der Waals surface area contributed by atoms with Crippen LogP contribution < -0.4 is 15.1 Å². The van der Waals surface area contributed by atoms with Crippen LogP contribution in [0.5, 0.6) is 0 Å². The number of para-hydroxylation sites is 2. The van der Waals surface area contributed by atoms with Crippen LogP contribution in [0, 0.1) is 0 Å². The monoisotopic (exact) mass is 335 g/mol. The maximum Gasteiger partial charge on any atom is 0.224 e. The molecule has 7 heteroatoms. The molecule has 1 aliphatic rings. The number of rotatable bonds is 4.